The highest BCUT2D eigenvalue weighted by Crippen LogP contribution is 2.39. The highest BCUT2D eigenvalue weighted by molar-refractivity contribution is 5.97. The molecule has 1 saturated heterocycles. The average Bonchev–Trinajstić information content (AvgIpc) is 3.08. The number of hydrogen-bond donors (Lipinski definition) is 1. The van der Waals surface area contributed by atoms with Crippen LogP contribution in [0.3, 0.4) is 0 Å². The van der Waals surface area contributed by atoms with Crippen molar-refractivity contribution in [3.63, 3.8) is 0 Å². The maximum absolute atomic E-state index is 12.4. The second kappa shape index (κ2) is 5.21. The van der Waals surface area contributed by atoms with E-state index in [2.05, 4.69) is 5.32 Å². The third-order valence-corrected chi connectivity index (χ3v) is 3.84. The van der Waals surface area contributed by atoms with Crippen LogP contribution in [0.4, 0.5) is 5.69 Å². The van der Waals surface area contributed by atoms with E-state index < -0.39 is 35.9 Å². The number of ether oxygens (including phenoxy) is 2. The summed E-state index contributed by atoms with van der Waals surface area (Å²) in [6.45, 7) is 0. The molecule has 0 radical (unpaired) electrons. The minimum Gasteiger partial charge on any atom is -0.550 e. The van der Waals surface area contributed by atoms with E-state index in [4.69, 9.17) is 9.47 Å². The zero-order chi connectivity index (χ0) is 15.0. The van der Waals surface area contributed by atoms with Gasteiger partial charge in [0.15, 0.2) is 0 Å². The van der Waals surface area contributed by atoms with Crippen molar-refractivity contribution in [1.82, 2.24) is 0 Å². The number of nitrogens with one attached hydrogen (secondary N) is 1. The normalized spacial score (nSPS) is 29.4. The number of carbonyl (C=O) groups is 2. The summed E-state index contributed by atoms with van der Waals surface area (Å²) >= 11 is 0. The van der Waals surface area contributed by atoms with Crippen molar-refractivity contribution in [1.29, 1.82) is 0 Å². The molecule has 0 unspecified atom stereocenters. The Morgan fingerprint density at radius 2 is 1.86 bits per heavy atom. The van der Waals surface area contributed by atoms with Gasteiger partial charge >= 0.3 is 0 Å². The van der Waals surface area contributed by atoms with Crippen LogP contribution in [0.5, 0.6) is 5.75 Å². The van der Waals surface area contributed by atoms with Crippen molar-refractivity contribution in [2.45, 2.75) is 12.2 Å². The minimum absolute atomic E-state index is 0.412. The third-order valence-electron chi connectivity index (χ3n) is 3.84. The van der Waals surface area contributed by atoms with Gasteiger partial charge in [0.25, 0.3) is 0 Å². The number of hydrogen-bond acceptors (Lipinski definition) is 5. The summed E-state index contributed by atoms with van der Waals surface area (Å²) in [5.41, 5.74) is 0.494. The van der Waals surface area contributed by atoms with Crippen LogP contribution in [-0.2, 0) is 14.3 Å². The van der Waals surface area contributed by atoms with E-state index in [-0.39, 0.29) is 0 Å². The zero-order valence-corrected chi connectivity index (χ0v) is 11.3. The minimum atomic E-state index is -1.27. The molecular weight excluding hydrogens is 274 g/mol. The van der Waals surface area contributed by atoms with E-state index in [9.17, 15) is 14.7 Å². The van der Waals surface area contributed by atoms with Crippen molar-refractivity contribution in [3.8, 4) is 5.75 Å². The molecule has 21 heavy (non-hydrogen) atoms. The molecule has 1 aromatic carbocycles. The molecule has 1 aromatic rings. The fraction of sp³-hybridized carbons (Fsp3) is 0.333. The molecule has 2 heterocycles. The monoisotopic (exact) mass is 288 g/mol. The van der Waals surface area contributed by atoms with Crippen molar-refractivity contribution in [3.05, 3.63) is 36.4 Å². The van der Waals surface area contributed by atoms with Gasteiger partial charge in [-0.2, -0.15) is 0 Å². The number of aliphatic carboxylic acids is 1. The van der Waals surface area contributed by atoms with Crippen molar-refractivity contribution < 1.29 is 24.2 Å². The summed E-state index contributed by atoms with van der Waals surface area (Å²) in [5.74, 6) is -2.93. The molecule has 4 atom stereocenters. The number of carboxylic acid groups (broad SMARTS) is 1. The first kappa shape index (κ1) is 13.6. The van der Waals surface area contributed by atoms with Crippen LogP contribution in [0.1, 0.15) is 0 Å². The standard InChI is InChI=1S/C15H15NO5/c1-20-9-5-3-2-4-8(9)16-14(17)12-10-6-7-11(21-10)13(12)15(18)19/h2-7,10-13H,1H3,(H,16,17)(H,18,19)/p-1/t10-,11+,12-,13-/m0/s1. The van der Waals surface area contributed by atoms with Crippen molar-refractivity contribution in [2.24, 2.45) is 11.8 Å². The molecular formula is C15H14NO5-. The van der Waals surface area contributed by atoms with Gasteiger partial charge in [-0.3, -0.25) is 4.79 Å². The van der Waals surface area contributed by atoms with Gasteiger partial charge in [0.2, 0.25) is 5.91 Å². The molecule has 2 aliphatic rings. The molecule has 6 heteroatoms. The molecule has 6 nitrogen and oxygen atoms in total. The summed E-state index contributed by atoms with van der Waals surface area (Å²) in [7, 11) is 1.50. The molecule has 1 amide bonds. The fourth-order valence-corrected chi connectivity index (χ4v) is 2.87. The average molecular weight is 288 g/mol. The van der Waals surface area contributed by atoms with Crippen LogP contribution in [-0.4, -0.2) is 31.2 Å². The van der Waals surface area contributed by atoms with Crippen LogP contribution in [0.2, 0.25) is 0 Å². The van der Waals surface area contributed by atoms with Gasteiger partial charge in [-0.1, -0.05) is 24.3 Å². The highest BCUT2D eigenvalue weighted by atomic mass is 16.5. The molecule has 0 aliphatic carbocycles. The summed E-state index contributed by atoms with van der Waals surface area (Å²) in [6.07, 6.45) is 2.27. The first-order valence-electron chi connectivity index (χ1n) is 6.60. The highest BCUT2D eigenvalue weighted by Gasteiger charge is 2.50. The van der Waals surface area contributed by atoms with Crippen LogP contribution in [0.25, 0.3) is 0 Å². The van der Waals surface area contributed by atoms with E-state index >= 15 is 0 Å². The molecule has 1 fully saturated rings. The van der Waals surface area contributed by atoms with Gasteiger partial charge in [-0.25, -0.2) is 0 Å². The van der Waals surface area contributed by atoms with E-state index in [0.717, 1.165) is 0 Å². The largest absolute Gasteiger partial charge is 0.550 e. The quantitative estimate of drug-likeness (QED) is 0.785. The zero-order valence-electron chi connectivity index (χ0n) is 11.3. The van der Waals surface area contributed by atoms with E-state index in [1.54, 1.807) is 36.4 Å². The lowest BCUT2D eigenvalue weighted by Crippen LogP contribution is -2.45. The van der Waals surface area contributed by atoms with Crippen LogP contribution < -0.4 is 15.2 Å². The lowest BCUT2D eigenvalue weighted by atomic mass is 9.82. The number of para-hydroxylation sites is 2. The smallest absolute Gasteiger partial charge is 0.231 e. The summed E-state index contributed by atoms with van der Waals surface area (Å²) in [6, 6.07) is 6.94. The summed E-state index contributed by atoms with van der Waals surface area (Å²) in [4.78, 5) is 23.7. The topological polar surface area (TPSA) is 87.7 Å². The molecule has 0 saturated carbocycles. The predicted molar refractivity (Wildman–Crippen MR) is 71.4 cm³/mol. The molecule has 1 N–H and O–H groups in total. The van der Waals surface area contributed by atoms with Crippen LogP contribution >= 0.6 is 0 Å². The second-order valence-electron chi connectivity index (χ2n) is 5.01. The van der Waals surface area contributed by atoms with Gasteiger partial charge in [-0.05, 0) is 12.1 Å². The molecule has 2 bridgehead atoms. The Kier molecular flexibility index (Phi) is 3.39. The Bertz CT molecular complexity index is 612. The summed E-state index contributed by atoms with van der Waals surface area (Å²) < 4.78 is 10.6. The number of methoxy groups -OCH3 is 1. The predicted octanol–water partition coefficient (Wildman–Crippen LogP) is -0.0468. The molecule has 2 aliphatic heterocycles. The SMILES string of the molecule is COc1ccccc1NC(=O)[C@@H]1[C@@H](C(=O)[O-])[C@H]2C=C[C@@H]1O2. The lowest BCUT2D eigenvalue weighted by Gasteiger charge is -2.25. The van der Waals surface area contributed by atoms with Crippen molar-refractivity contribution in [2.75, 3.05) is 12.4 Å². The van der Waals surface area contributed by atoms with E-state index in [1.165, 1.54) is 7.11 Å². The maximum Gasteiger partial charge on any atom is 0.231 e. The Morgan fingerprint density at radius 3 is 2.52 bits per heavy atom. The fourth-order valence-electron chi connectivity index (χ4n) is 2.87. The van der Waals surface area contributed by atoms with Crippen LogP contribution in [0, 0.1) is 11.8 Å². The molecule has 110 valence electrons. The third kappa shape index (κ3) is 2.27. The Morgan fingerprint density at radius 1 is 1.19 bits per heavy atom. The van der Waals surface area contributed by atoms with Gasteiger partial charge < -0.3 is 24.7 Å². The first-order chi connectivity index (χ1) is 10.1. The van der Waals surface area contributed by atoms with Crippen molar-refractivity contribution >= 4 is 17.6 Å². The lowest BCUT2D eigenvalue weighted by molar-refractivity contribution is -0.313. The van der Waals surface area contributed by atoms with Gasteiger partial charge in [0, 0.05) is 11.9 Å². The number of rotatable bonds is 4. The molecule has 0 aromatic heterocycles. The number of anilines is 1. The number of amides is 1. The maximum atomic E-state index is 12.4. The van der Waals surface area contributed by atoms with E-state index in [1.807, 2.05) is 0 Å². The molecule has 3 rings (SSSR count). The number of carbonyl (C=O) groups excluding carboxylic acids is 2. The second-order valence-corrected chi connectivity index (χ2v) is 5.01. The Hall–Kier alpha value is -2.34. The van der Waals surface area contributed by atoms with Crippen LogP contribution in [0.15, 0.2) is 36.4 Å². The number of benzene rings is 1. The number of fused-ring (bicyclic) bond motifs is 2. The van der Waals surface area contributed by atoms with Gasteiger partial charge in [0.05, 0.1) is 30.9 Å². The Balaban J connectivity index is 1.82. The van der Waals surface area contributed by atoms with Gasteiger partial charge in [-0.15, -0.1) is 0 Å². The van der Waals surface area contributed by atoms with Gasteiger partial charge in [0.1, 0.15) is 5.75 Å². The molecule has 0 spiro atoms. The number of carboxylic acids is 1. The summed E-state index contributed by atoms with van der Waals surface area (Å²) in [5, 5.41) is 14.0. The first-order valence-corrected chi connectivity index (χ1v) is 6.60. The Labute approximate surface area is 121 Å². The van der Waals surface area contributed by atoms with E-state index in [0.29, 0.717) is 11.4 Å².